The molecule has 0 aliphatic carbocycles. The first kappa shape index (κ1) is 24.5. The van der Waals surface area contributed by atoms with Crippen LogP contribution in [0.3, 0.4) is 0 Å². The minimum atomic E-state index is -0.704. The Kier molecular flexibility index (Phi) is 7.22. The van der Waals surface area contributed by atoms with Crippen molar-refractivity contribution >= 4 is 28.2 Å². The van der Waals surface area contributed by atoms with Crippen LogP contribution in [0.2, 0.25) is 0 Å². The topological polar surface area (TPSA) is 76.1 Å². The number of aliphatic hydroxyl groups excluding tert-OH is 1. The molecule has 1 saturated heterocycles. The summed E-state index contributed by atoms with van der Waals surface area (Å²) in [6, 6.07) is 18.3. The quantitative estimate of drug-likeness (QED) is 0.205. The summed E-state index contributed by atoms with van der Waals surface area (Å²) in [5, 5.41) is 13.3. The van der Waals surface area contributed by atoms with Crippen LogP contribution in [0.1, 0.15) is 43.0 Å². The summed E-state index contributed by atoms with van der Waals surface area (Å²) in [6.07, 6.45) is 0.586. The second-order valence-corrected chi connectivity index (χ2v) is 9.05. The zero-order chi connectivity index (χ0) is 25.1. The number of methoxy groups -OCH3 is 1. The van der Waals surface area contributed by atoms with Crippen molar-refractivity contribution in [3.8, 4) is 5.75 Å². The van der Waals surface area contributed by atoms with E-state index < -0.39 is 17.7 Å². The molecular formula is C29H31NO5. The number of nitrogens with zero attached hydrogens (tertiary/aromatic N) is 1. The molecule has 6 heteroatoms. The number of carbonyl (C=O) groups excluding carboxylic acids is 2. The molecule has 1 aliphatic rings. The first-order valence-corrected chi connectivity index (χ1v) is 11.9. The van der Waals surface area contributed by atoms with E-state index in [1.54, 1.807) is 30.2 Å². The number of fused-ring (bicyclic) bond motifs is 1. The maximum absolute atomic E-state index is 13.3. The monoisotopic (exact) mass is 473 g/mol. The maximum atomic E-state index is 13.3. The van der Waals surface area contributed by atoms with Gasteiger partial charge in [0.2, 0.25) is 0 Å². The maximum Gasteiger partial charge on any atom is 0.295 e. The third kappa shape index (κ3) is 4.80. The van der Waals surface area contributed by atoms with Crippen LogP contribution in [0.15, 0.2) is 66.2 Å². The van der Waals surface area contributed by atoms with Crippen LogP contribution < -0.4 is 4.74 Å². The third-order valence-electron chi connectivity index (χ3n) is 6.22. The van der Waals surface area contributed by atoms with Crippen LogP contribution in [0.4, 0.5) is 0 Å². The van der Waals surface area contributed by atoms with Crippen molar-refractivity contribution in [3.05, 3.63) is 82.9 Å². The number of carbonyl (C=O) groups is 2. The molecule has 182 valence electrons. The lowest BCUT2D eigenvalue weighted by molar-refractivity contribution is -0.140. The summed E-state index contributed by atoms with van der Waals surface area (Å²) in [4.78, 5) is 28.0. The van der Waals surface area contributed by atoms with E-state index in [-0.39, 0.29) is 17.4 Å². The zero-order valence-corrected chi connectivity index (χ0v) is 20.6. The first-order chi connectivity index (χ1) is 16.8. The fraction of sp³-hybridized carbons (Fsp3) is 0.310. The van der Waals surface area contributed by atoms with Crippen molar-refractivity contribution in [2.75, 3.05) is 20.3 Å². The molecule has 1 N–H and O–H groups in total. The average molecular weight is 474 g/mol. The number of aliphatic hydroxyl groups is 1. The number of ketones is 1. The van der Waals surface area contributed by atoms with Gasteiger partial charge in [-0.1, -0.05) is 42.5 Å². The molecule has 1 heterocycles. The van der Waals surface area contributed by atoms with Crippen molar-refractivity contribution in [3.63, 3.8) is 0 Å². The van der Waals surface area contributed by atoms with Gasteiger partial charge in [-0.15, -0.1) is 0 Å². The molecule has 3 aromatic carbocycles. The molecule has 0 spiro atoms. The Morgan fingerprint density at radius 3 is 2.51 bits per heavy atom. The number of rotatable bonds is 8. The minimum absolute atomic E-state index is 0.0110. The van der Waals surface area contributed by atoms with Gasteiger partial charge in [0.05, 0.1) is 17.7 Å². The Balaban J connectivity index is 1.88. The van der Waals surface area contributed by atoms with Crippen LogP contribution >= 0.6 is 0 Å². The summed E-state index contributed by atoms with van der Waals surface area (Å²) >= 11 is 0. The van der Waals surface area contributed by atoms with E-state index in [0.717, 1.165) is 21.9 Å². The van der Waals surface area contributed by atoms with E-state index >= 15 is 0 Å². The summed E-state index contributed by atoms with van der Waals surface area (Å²) in [5.74, 6) is -0.771. The molecule has 3 aromatic rings. The van der Waals surface area contributed by atoms with Crippen LogP contribution in [-0.4, -0.2) is 48.1 Å². The standard InChI is InChI=1S/C29H31NO5/c1-18(2)35-24-14-13-21(17-19(24)3)27(31)25-26(30(15-8-16-34-4)29(33)28(25)32)23-12-7-10-20-9-5-6-11-22(20)23/h5-7,9-14,17-18,26,31H,8,15-16H2,1-4H3/b27-25-. The van der Waals surface area contributed by atoms with Crippen LogP contribution in [0, 0.1) is 6.92 Å². The van der Waals surface area contributed by atoms with E-state index in [2.05, 4.69) is 0 Å². The highest BCUT2D eigenvalue weighted by atomic mass is 16.5. The van der Waals surface area contributed by atoms with Crippen LogP contribution in [0.25, 0.3) is 16.5 Å². The number of likely N-dealkylation sites (tertiary alicyclic amines) is 1. The highest BCUT2D eigenvalue weighted by Crippen LogP contribution is 2.42. The fourth-order valence-corrected chi connectivity index (χ4v) is 4.64. The van der Waals surface area contributed by atoms with Gasteiger partial charge in [0.1, 0.15) is 11.5 Å². The average Bonchev–Trinajstić information content (AvgIpc) is 3.09. The van der Waals surface area contributed by atoms with Gasteiger partial charge >= 0.3 is 0 Å². The summed E-state index contributed by atoms with van der Waals surface area (Å²) < 4.78 is 11.0. The van der Waals surface area contributed by atoms with Crippen molar-refractivity contribution in [2.24, 2.45) is 0 Å². The zero-order valence-electron chi connectivity index (χ0n) is 20.6. The predicted octanol–water partition coefficient (Wildman–Crippen LogP) is 5.39. The van der Waals surface area contributed by atoms with Crippen molar-refractivity contribution in [1.82, 2.24) is 4.90 Å². The molecule has 1 aliphatic heterocycles. The van der Waals surface area contributed by atoms with Gasteiger partial charge in [0.15, 0.2) is 0 Å². The highest BCUT2D eigenvalue weighted by Gasteiger charge is 2.46. The normalized spacial score (nSPS) is 17.5. The fourth-order valence-electron chi connectivity index (χ4n) is 4.64. The summed E-state index contributed by atoms with van der Waals surface area (Å²) in [5.41, 5.74) is 2.20. The molecule has 1 unspecified atom stereocenters. The lowest BCUT2D eigenvalue weighted by Gasteiger charge is -2.26. The molecule has 1 fully saturated rings. The Hall–Kier alpha value is -3.64. The van der Waals surface area contributed by atoms with E-state index in [9.17, 15) is 14.7 Å². The number of hydrogen-bond acceptors (Lipinski definition) is 5. The number of Topliss-reactive ketones (excluding diaryl/α,β-unsaturated/α-hetero) is 1. The number of ether oxygens (including phenoxy) is 2. The Labute approximate surface area is 205 Å². The Morgan fingerprint density at radius 2 is 1.80 bits per heavy atom. The van der Waals surface area contributed by atoms with E-state index in [4.69, 9.17) is 9.47 Å². The largest absolute Gasteiger partial charge is 0.507 e. The molecule has 4 rings (SSSR count). The van der Waals surface area contributed by atoms with Gasteiger partial charge in [0, 0.05) is 25.8 Å². The second-order valence-electron chi connectivity index (χ2n) is 9.05. The Morgan fingerprint density at radius 1 is 1.06 bits per heavy atom. The van der Waals surface area contributed by atoms with Crippen molar-refractivity contribution in [1.29, 1.82) is 0 Å². The van der Waals surface area contributed by atoms with Gasteiger partial charge in [0.25, 0.3) is 11.7 Å². The lowest BCUT2D eigenvalue weighted by Crippen LogP contribution is -2.31. The molecule has 0 bridgehead atoms. The predicted molar refractivity (Wildman–Crippen MR) is 136 cm³/mol. The van der Waals surface area contributed by atoms with Gasteiger partial charge in [-0.3, -0.25) is 9.59 Å². The highest BCUT2D eigenvalue weighted by molar-refractivity contribution is 6.46. The smallest absolute Gasteiger partial charge is 0.295 e. The van der Waals surface area contributed by atoms with Crippen LogP contribution in [0.5, 0.6) is 5.75 Å². The SMILES string of the molecule is COCCCN1C(=O)C(=O)/C(=C(\O)c2ccc(OC(C)C)c(C)c2)C1c1cccc2ccccc12. The van der Waals surface area contributed by atoms with E-state index in [1.807, 2.05) is 63.2 Å². The number of aryl methyl sites for hydroxylation is 1. The number of benzene rings is 3. The molecule has 0 saturated carbocycles. The lowest BCUT2D eigenvalue weighted by atomic mass is 9.91. The van der Waals surface area contributed by atoms with Gasteiger partial charge in [-0.25, -0.2) is 0 Å². The van der Waals surface area contributed by atoms with Crippen molar-refractivity contribution in [2.45, 2.75) is 39.3 Å². The molecule has 0 radical (unpaired) electrons. The second kappa shape index (κ2) is 10.3. The van der Waals surface area contributed by atoms with Crippen molar-refractivity contribution < 1.29 is 24.2 Å². The Bertz CT molecular complexity index is 1290. The van der Waals surface area contributed by atoms with Gasteiger partial charge in [-0.05, 0) is 67.3 Å². The molecule has 6 nitrogen and oxygen atoms in total. The molecule has 1 amide bonds. The summed E-state index contributed by atoms with van der Waals surface area (Å²) in [6.45, 7) is 6.58. The van der Waals surface area contributed by atoms with Gasteiger partial charge < -0.3 is 19.5 Å². The molecule has 35 heavy (non-hydrogen) atoms. The first-order valence-electron chi connectivity index (χ1n) is 11.9. The van der Waals surface area contributed by atoms with E-state index in [0.29, 0.717) is 30.9 Å². The molecular weight excluding hydrogens is 442 g/mol. The van der Waals surface area contributed by atoms with Gasteiger partial charge in [-0.2, -0.15) is 0 Å². The van der Waals surface area contributed by atoms with E-state index in [1.165, 1.54) is 0 Å². The third-order valence-corrected chi connectivity index (χ3v) is 6.22. The number of amides is 1. The summed E-state index contributed by atoms with van der Waals surface area (Å²) in [7, 11) is 1.60. The molecule has 0 aromatic heterocycles. The van der Waals surface area contributed by atoms with Crippen LogP contribution in [-0.2, 0) is 14.3 Å². The molecule has 1 atom stereocenters. The number of hydrogen-bond donors (Lipinski definition) is 1. The minimum Gasteiger partial charge on any atom is -0.507 e.